The number of likely N-dealkylation sites (N-methyl/N-ethyl adjacent to an activating group) is 1. The van der Waals surface area contributed by atoms with Crippen molar-refractivity contribution in [1.29, 1.82) is 0 Å². The van der Waals surface area contributed by atoms with E-state index in [0.29, 0.717) is 17.3 Å². The van der Waals surface area contributed by atoms with Crippen LogP contribution in [0.2, 0.25) is 0 Å². The molecule has 0 unspecified atom stereocenters. The molecule has 6 heteroatoms. The third-order valence-corrected chi connectivity index (χ3v) is 5.03. The van der Waals surface area contributed by atoms with Crippen LogP contribution in [0.25, 0.3) is 11.5 Å². The summed E-state index contributed by atoms with van der Waals surface area (Å²) in [5.74, 6) is 0.703. The molecule has 0 radical (unpaired) electrons. The van der Waals surface area contributed by atoms with Gasteiger partial charge in [-0.05, 0) is 38.2 Å². The van der Waals surface area contributed by atoms with Crippen molar-refractivity contribution < 1.29 is 9.21 Å². The summed E-state index contributed by atoms with van der Waals surface area (Å²) in [6.07, 6.45) is 0. The third kappa shape index (κ3) is 3.77. The molecule has 6 nitrogen and oxygen atoms in total. The number of nitrogens with one attached hydrogen (secondary N) is 1. The fourth-order valence-corrected chi connectivity index (χ4v) is 3.40. The molecule has 28 heavy (non-hydrogen) atoms. The second-order valence-corrected chi connectivity index (χ2v) is 7.05. The highest BCUT2D eigenvalue weighted by Gasteiger charge is 2.21. The van der Waals surface area contributed by atoms with Gasteiger partial charge in [0.2, 0.25) is 5.89 Å². The van der Waals surface area contributed by atoms with Crippen molar-refractivity contribution in [3.8, 4) is 11.5 Å². The Morgan fingerprint density at radius 1 is 1.00 bits per heavy atom. The van der Waals surface area contributed by atoms with Crippen LogP contribution >= 0.6 is 0 Å². The molecule has 3 aromatic rings. The number of aryl methyl sites for hydroxylation is 1. The largest absolute Gasteiger partial charge is 0.441 e. The SMILES string of the molecule is Cc1oc(-c2ccccc2)nc1C(=O)Nc1ccccc1N1CCN(C)CC1. The lowest BCUT2D eigenvalue weighted by Crippen LogP contribution is -2.44. The van der Waals surface area contributed by atoms with Gasteiger partial charge >= 0.3 is 0 Å². The lowest BCUT2D eigenvalue weighted by Gasteiger charge is -2.35. The zero-order chi connectivity index (χ0) is 19.5. The number of hydrogen-bond donors (Lipinski definition) is 1. The number of piperazine rings is 1. The summed E-state index contributed by atoms with van der Waals surface area (Å²) in [5, 5.41) is 3.02. The molecule has 1 saturated heterocycles. The maximum atomic E-state index is 12.9. The highest BCUT2D eigenvalue weighted by Crippen LogP contribution is 2.28. The quantitative estimate of drug-likeness (QED) is 0.753. The molecule has 1 aliphatic rings. The first-order chi connectivity index (χ1) is 13.6. The monoisotopic (exact) mass is 376 g/mol. The molecule has 2 heterocycles. The molecule has 2 aromatic carbocycles. The van der Waals surface area contributed by atoms with Crippen molar-refractivity contribution in [3.05, 3.63) is 66.1 Å². The molecule has 0 bridgehead atoms. The second kappa shape index (κ2) is 7.86. The van der Waals surface area contributed by atoms with E-state index >= 15 is 0 Å². The van der Waals surface area contributed by atoms with Crippen LogP contribution < -0.4 is 10.2 Å². The Labute approximate surface area is 164 Å². The molecule has 1 fully saturated rings. The van der Waals surface area contributed by atoms with Crippen LogP contribution in [0.4, 0.5) is 11.4 Å². The highest BCUT2D eigenvalue weighted by atomic mass is 16.4. The van der Waals surface area contributed by atoms with E-state index in [1.54, 1.807) is 6.92 Å². The minimum atomic E-state index is -0.259. The van der Waals surface area contributed by atoms with Crippen LogP contribution in [0, 0.1) is 6.92 Å². The number of rotatable bonds is 4. The summed E-state index contributed by atoms with van der Waals surface area (Å²) in [6, 6.07) is 17.5. The van der Waals surface area contributed by atoms with Crippen LogP contribution in [-0.2, 0) is 0 Å². The van der Waals surface area contributed by atoms with Crippen molar-refractivity contribution in [1.82, 2.24) is 9.88 Å². The fraction of sp³-hybridized carbons (Fsp3) is 0.273. The second-order valence-electron chi connectivity index (χ2n) is 7.05. The van der Waals surface area contributed by atoms with E-state index < -0.39 is 0 Å². The van der Waals surface area contributed by atoms with Crippen LogP contribution in [0.5, 0.6) is 0 Å². The number of benzene rings is 2. The zero-order valence-corrected chi connectivity index (χ0v) is 16.2. The van der Waals surface area contributed by atoms with Crippen LogP contribution in [-0.4, -0.2) is 49.0 Å². The standard InChI is InChI=1S/C22H24N4O2/c1-16-20(24-22(28-16)17-8-4-3-5-9-17)21(27)23-18-10-6-7-11-19(18)26-14-12-25(2)13-15-26/h3-11H,12-15H2,1-2H3,(H,23,27). The minimum Gasteiger partial charge on any atom is -0.441 e. The van der Waals surface area contributed by atoms with Gasteiger partial charge in [-0.15, -0.1) is 0 Å². The minimum absolute atomic E-state index is 0.259. The zero-order valence-electron chi connectivity index (χ0n) is 16.2. The van der Waals surface area contributed by atoms with Crippen molar-refractivity contribution in [2.75, 3.05) is 43.4 Å². The molecule has 1 aliphatic heterocycles. The molecule has 4 rings (SSSR count). The van der Waals surface area contributed by atoms with Crippen molar-refractivity contribution in [2.45, 2.75) is 6.92 Å². The van der Waals surface area contributed by atoms with Crippen LogP contribution in [0.3, 0.4) is 0 Å². The van der Waals surface area contributed by atoms with E-state index in [1.165, 1.54) is 0 Å². The smallest absolute Gasteiger partial charge is 0.277 e. The van der Waals surface area contributed by atoms with Gasteiger partial charge < -0.3 is 19.5 Å². The Morgan fingerprint density at radius 2 is 1.68 bits per heavy atom. The first-order valence-electron chi connectivity index (χ1n) is 9.48. The fourth-order valence-electron chi connectivity index (χ4n) is 3.40. The van der Waals surface area contributed by atoms with Crippen molar-refractivity contribution in [3.63, 3.8) is 0 Å². The number of para-hydroxylation sites is 2. The predicted octanol–water partition coefficient (Wildman–Crippen LogP) is 3.65. The Kier molecular flexibility index (Phi) is 5.12. The first-order valence-corrected chi connectivity index (χ1v) is 9.48. The third-order valence-electron chi connectivity index (χ3n) is 5.03. The molecule has 144 valence electrons. The number of oxazole rings is 1. The van der Waals surface area contributed by atoms with Gasteiger partial charge in [0.1, 0.15) is 5.76 Å². The van der Waals surface area contributed by atoms with E-state index in [-0.39, 0.29) is 5.91 Å². The Hall–Kier alpha value is -3.12. The number of amides is 1. The molecular weight excluding hydrogens is 352 g/mol. The van der Waals surface area contributed by atoms with Crippen molar-refractivity contribution >= 4 is 17.3 Å². The topological polar surface area (TPSA) is 61.6 Å². The normalized spacial score (nSPS) is 14.9. The van der Waals surface area contributed by atoms with Gasteiger partial charge in [0.15, 0.2) is 5.69 Å². The maximum Gasteiger partial charge on any atom is 0.277 e. The average Bonchev–Trinajstić information content (AvgIpc) is 3.12. The van der Waals surface area contributed by atoms with E-state index in [1.807, 2.05) is 54.6 Å². The molecule has 1 aromatic heterocycles. The number of aromatic nitrogens is 1. The number of carbonyl (C=O) groups excluding carboxylic acids is 1. The van der Waals surface area contributed by atoms with Gasteiger partial charge in [-0.25, -0.2) is 4.98 Å². The van der Waals surface area contributed by atoms with Crippen LogP contribution in [0.15, 0.2) is 59.0 Å². The Morgan fingerprint density at radius 3 is 2.43 bits per heavy atom. The lowest BCUT2D eigenvalue weighted by molar-refractivity contribution is 0.102. The Balaban J connectivity index is 1.56. The number of nitrogens with zero attached hydrogens (tertiary/aromatic N) is 3. The van der Waals surface area contributed by atoms with E-state index in [4.69, 9.17) is 4.42 Å². The van der Waals surface area contributed by atoms with Crippen LogP contribution in [0.1, 0.15) is 16.2 Å². The average molecular weight is 376 g/mol. The Bertz CT molecular complexity index is 960. The summed E-state index contributed by atoms with van der Waals surface area (Å²) in [6.45, 7) is 5.64. The molecule has 0 spiro atoms. The van der Waals surface area contributed by atoms with Gasteiger partial charge in [-0.1, -0.05) is 30.3 Å². The van der Waals surface area contributed by atoms with E-state index in [9.17, 15) is 4.79 Å². The van der Waals surface area contributed by atoms with Crippen molar-refractivity contribution in [2.24, 2.45) is 0 Å². The van der Waals surface area contributed by atoms with Gasteiger partial charge in [0.25, 0.3) is 5.91 Å². The first kappa shape index (κ1) is 18.3. The number of carbonyl (C=O) groups is 1. The number of anilines is 2. The van der Waals surface area contributed by atoms with Gasteiger partial charge in [0, 0.05) is 31.7 Å². The maximum absolute atomic E-state index is 12.9. The molecule has 0 aliphatic carbocycles. The molecule has 0 atom stereocenters. The highest BCUT2D eigenvalue weighted by molar-refractivity contribution is 6.05. The van der Waals surface area contributed by atoms with Gasteiger partial charge in [-0.3, -0.25) is 4.79 Å². The summed E-state index contributed by atoms with van der Waals surface area (Å²) < 4.78 is 5.73. The molecule has 1 N–H and O–H groups in total. The molecule has 0 saturated carbocycles. The lowest BCUT2D eigenvalue weighted by atomic mass is 10.2. The van der Waals surface area contributed by atoms with E-state index in [2.05, 4.69) is 27.1 Å². The summed E-state index contributed by atoms with van der Waals surface area (Å²) in [5.41, 5.74) is 2.99. The number of hydrogen-bond acceptors (Lipinski definition) is 5. The molecular formula is C22H24N4O2. The molecule has 1 amide bonds. The summed E-state index contributed by atoms with van der Waals surface area (Å²) in [4.78, 5) is 21.9. The van der Waals surface area contributed by atoms with Gasteiger partial charge in [0.05, 0.1) is 11.4 Å². The summed E-state index contributed by atoms with van der Waals surface area (Å²) in [7, 11) is 2.13. The van der Waals surface area contributed by atoms with Gasteiger partial charge in [-0.2, -0.15) is 0 Å². The summed E-state index contributed by atoms with van der Waals surface area (Å²) >= 11 is 0. The van der Waals surface area contributed by atoms with E-state index in [0.717, 1.165) is 43.1 Å². The predicted molar refractivity (Wildman–Crippen MR) is 111 cm³/mol.